The molecule has 2 N–H and O–H groups in total. The molecule has 0 spiro atoms. The first-order valence-corrected chi connectivity index (χ1v) is 4.90. The molecule has 1 aromatic heterocycles. The highest BCUT2D eigenvalue weighted by atomic mass is 32.1. The van der Waals surface area contributed by atoms with E-state index in [1.165, 1.54) is 11.3 Å². The van der Waals surface area contributed by atoms with Crippen molar-refractivity contribution in [1.82, 2.24) is 4.98 Å². The molecule has 0 radical (unpaired) electrons. The molecular weight excluding hydrogens is 184 g/mol. The summed E-state index contributed by atoms with van der Waals surface area (Å²) < 4.78 is 6.48. The number of benzene rings is 1. The van der Waals surface area contributed by atoms with E-state index in [9.17, 15) is 0 Å². The maximum Gasteiger partial charge on any atom is 0.181 e. The summed E-state index contributed by atoms with van der Waals surface area (Å²) in [5.41, 5.74) is 6.52. The molecule has 3 nitrogen and oxygen atoms in total. The second kappa shape index (κ2) is 3.22. The van der Waals surface area contributed by atoms with Crippen molar-refractivity contribution >= 4 is 26.7 Å². The van der Waals surface area contributed by atoms with Crippen LogP contribution in [-0.4, -0.2) is 11.6 Å². The number of thiazole rings is 1. The quantitative estimate of drug-likeness (QED) is 0.797. The second-order valence-electron chi connectivity index (χ2n) is 2.59. The average molecular weight is 194 g/mol. The van der Waals surface area contributed by atoms with Gasteiger partial charge in [0.15, 0.2) is 5.13 Å². The van der Waals surface area contributed by atoms with E-state index in [2.05, 4.69) is 4.98 Å². The number of nitrogen functional groups attached to an aromatic ring is 1. The number of hydrogen-bond donors (Lipinski definition) is 1. The maximum absolute atomic E-state index is 5.61. The lowest BCUT2D eigenvalue weighted by Crippen LogP contribution is -1.90. The zero-order valence-electron chi connectivity index (χ0n) is 7.28. The Morgan fingerprint density at radius 2 is 2.38 bits per heavy atom. The fourth-order valence-electron chi connectivity index (χ4n) is 1.21. The van der Waals surface area contributed by atoms with Crippen LogP contribution in [0.2, 0.25) is 0 Å². The summed E-state index contributed by atoms with van der Waals surface area (Å²) in [4.78, 5) is 4.17. The Bertz CT molecular complexity index is 424. The molecule has 0 amide bonds. The second-order valence-corrected chi connectivity index (χ2v) is 3.62. The van der Waals surface area contributed by atoms with Crippen LogP contribution in [0.4, 0.5) is 5.13 Å². The number of anilines is 1. The first-order chi connectivity index (χ1) is 6.31. The predicted molar refractivity (Wildman–Crippen MR) is 55.2 cm³/mol. The van der Waals surface area contributed by atoms with Gasteiger partial charge in [-0.15, -0.1) is 0 Å². The number of fused-ring (bicyclic) bond motifs is 1. The molecule has 2 rings (SSSR count). The third kappa shape index (κ3) is 1.45. The highest BCUT2D eigenvalue weighted by Gasteiger charge is 2.05. The molecule has 68 valence electrons. The molecule has 0 bridgehead atoms. The smallest absolute Gasteiger partial charge is 0.181 e. The van der Waals surface area contributed by atoms with E-state index in [-0.39, 0.29) is 0 Å². The van der Waals surface area contributed by atoms with Gasteiger partial charge in [-0.3, -0.25) is 0 Å². The van der Waals surface area contributed by atoms with Crippen LogP contribution in [0.15, 0.2) is 18.2 Å². The number of ether oxygens (including phenoxy) is 1. The van der Waals surface area contributed by atoms with Crippen molar-refractivity contribution in [3.05, 3.63) is 18.2 Å². The van der Waals surface area contributed by atoms with Crippen LogP contribution >= 0.6 is 11.3 Å². The van der Waals surface area contributed by atoms with Crippen LogP contribution in [0, 0.1) is 0 Å². The van der Waals surface area contributed by atoms with Crippen LogP contribution < -0.4 is 10.5 Å². The van der Waals surface area contributed by atoms with E-state index in [4.69, 9.17) is 10.5 Å². The van der Waals surface area contributed by atoms with Crippen molar-refractivity contribution < 1.29 is 4.74 Å². The van der Waals surface area contributed by atoms with Crippen LogP contribution in [0.5, 0.6) is 5.75 Å². The van der Waals surface area contributed by atoms with Crippen molar-refractivity contribution in [1.29, 1.82) is 0 Å². The highest BCUT2D eigenvalue weighted by molar-refractivity contribution is 7.22. The van der Waals surface area contributed by atoms with Crippen molar-refractivity contribution in [2.75, 3.05) is 12.3 Å². The molecular formula is C9H10N2OS. The average Bonchev–Trinajstić information content (AvgIpc) is 2.47. The van der Waals surface area contributed by atoms with Gasteiger partial charge in [-0.2, -0.15) is 0 Å². The first kappa shape index (κ1) is 8.31. The maximum atomic E-state index is 5.61. The largest absolute Gasteiger partial charge is 0.492 e. The standard InChI is InChI=1S/C9H10N2OS/c1-2-12-7-5-3-4-6-8(7)13-9(10)11-6/h3-5H,2H2,1H3,(H2,10,11). The zero-order valence-corrected chi connectivity index (χ0v) is 8.10. The molecule has 0 saturated carbocycles. The number of aromatic nitrogens is 1. The molecule has 0 atom stereocenters. The summed E-state index contributed by atoms with van der Waals surface area (Å²) >= 11 is 1.46. The van der Waals surface area contributed by atoms with Gasteiger partial charge in [0.05, 0.1) is 16.8 Å². The van der Waals surface area contributed by atoms with E-state index >= 15 is 0 Å². The Morgan fingerprint density at radius 3 is 3.15 bits per heavy atom. The topological polar surface area (TPSA) is 48.1 Å². The van der Waals surface area contributed by atoms with Crippen molar-refractivity contribution in [2.45, 2.75) is 6.92 Å². The molecule has 2 aromatic rings. The molecule has 0 aliphatic carbocycles. The van der Waals surface area contributed by atoms with Crippen LogP contribution in [0.1, 0.15) is 6.92 Å². The Balaban J connectivity index is 2.60. The summed E-state index contributed by atoms with van der Waals surface area (Å²) in [7, 11) is 0. The van der Waals surface area contributed by atoms with Crippen molar-refractivity contribution in [3.63, 3.8) is 0 Å². The molecule has 1 heterocycles. The normalized spacial score (nSPS) is 10.5. The lowest BCUT2D eigenvalue weighted by molar-refractivity contribution is 0.345. The molecule has 13 heavy (non-hydrogen) atoms. The summed E-state index contributed by atoms with van der Waals surface area (Å²) in [6.07, 6.45) is 0. The predicted octanol–water partition coefficient (Wildman–Crippen LogP) is 2.28. The van der Waals surface area contributed by atoms with Gasteiger partial charge in [-0.05, 0) is 19.1 Å². The summed E-state index contributed by atoms with van der Waals surface area (Å²) in [6.45, 7) is 2.63. The highest BCUT2D eigenvalue weighted by Crippen LogP contribution is 2.31. The van der Waals surface area contributed by atoms with Crippen LogP contribution in [-0.2, 0) is 0 Å². The third-order valence-electron chi connectivity index (χ3n) is 1.70. The number of hydrogen-bond acceptors (Lipinski definition) is 4. The summed E-state index contributed by atoms with van der Waals surface area (Å²) in [5.74, 6) is 0.870. The third-order valence-corrected chi connectivity index (χ3v) is 2.61. The van der Waals surface area contributed by atoms with Gasteiger partial charge in [0, 0.05) is 0 Å². The molecule has 0 aliphatic heterocycles. The molecule has 0 aliphatic rings. The lowest BCUT2D eigenvalue weighted by Gasteiger charge is -2.01. The first-order valence-electron chi connectivity index (χ1n) is 4.09. The van der Waals surface area contributed by atoms with E-state index in [1.54, 1.807) is 0 Å². The zero-order chi connectivity index (χ0) is 9.26. The van der Waals surface area contributed by atoms with E-state index in [1.807, 2.05) is 25.1 Å². The van der Waals surface area contributed by atoms with Crippen molar-refractivity contribution in [3.8, 4) is 5.75 Å². The van der Waals surface area contributed by atoms with Gasteiger partial charge in [0.1, 0.15) is 5.75 Å². The molecule has 4 heteroatoms. The minimum Gasteiger partial charge on any atom is -0.492 e. The number of nitrogens with zero attached hydrogens (tertiary/aromatic N) is 1. The van der Waals surface area contributed by atoms with Gasteiger partial charge in [0.25, 0.3) is 0 Å². The monoisotopic (exact) mass is 194 g/mol. The fraction of sp³-hybridized carbons (Fsp3) is 0.222. The van der Waals surface area contributed by atoms with E-state index in [0.717, 1.165) is 16.0 Å². The van der Waals surface area contributed by atoms with Crippen LogP contribution in [0.25, 0.3) is 10.2 Å². The Labute approximate surface area is 80.2 Å². The van der Waals surface area contributed by atoms with Crippen molar-refractivity contribution in [2.24, 2.45) is 0 Å². The number of nitrogens with two attached hydrogens (primary N) is 1. The Morgan fingerprint density at radius 1 is 1.54 bits per heavy atom. The number of rotatable bonds is 2. The lowest BCUT2D eigenvalue weighted by atomic mass is 10.3. The van der Waals surface area contributed by atoms with Gasteiger partial charge >= 0.3 is 0 Å². The van der Waals surface area contributed by atoms with Gasteiger partial charge < -0.3 is 10.5 Å². The minimum absolute atomic E-state index is 0.585. The SMILES string of the molecule is CCOc1cccc2nc(N)sc12. The Hall–Kier alpha value is -1.29. The van der Waals surface area contributed by atoms with Gasteiger partial charge in [-0.1, -0.05) is 17.4 Å². The Kier molecular flexibility index (Phi) is 2.06. The van der Waals surface area contributed by atoms with E-state index < -0.39 is 0 Å². The van der Waals surface area contributed by atoms with Gasteiger partial charge in [-0.25, -0.2) is 4.98 Å². The van der Waals surface area contributed by atoms with E-state index in [0.29, 0.717) is 11.7 Å². The molecule has 0 unspecified atom stereocenters. The minimum atomic E-state index is 0.585. The molecule has 1 aromatic carbocycles. The summed E-state index contributed by atoms with van der Waals surface area (Å²) in [6, 6.07) is 5.79. The van der Waals surface area contributed by atoms with Gasteiger partial charge in [0.2, 0.25) is 0 Å². The summed E-state index contributed by atoms with van der Waals surface area (Å²) in [5, 5.41) is 0.585. The molecule has 0 saturated heterocycles. The fourth-order valence-corrected chi connectivity index (χ4v) is 2.01. The molecule has 0 fully saturated rings. The van der Waals surface area contributed by atoms with Crippen LogP contribution in [0.3, 0.4) is 0 Å².